The van der Waals surface area contributed by atoms with Gasteiger partial charge in [0.15, 0.2) is 0 Å². The Morgan fingerprint density at radius 1 is 1.21 bits per heavy atom. The van der Waals surface area contributed by atoms with Gasteiger partial charge in [0.1, 0.15) is 11.6 Å². The van der Waals surface area contributed by atoms with Gasteiger partial charge in [-0.3, -0.25) is 0 Å². The van der Waals surface area contributed by atoms with Crippen LogP contribution in [0.3, 0.4) is 0 Å². The maximum absolute atomic E-state index is 5.76. The zero-order valence-corrected chi connectivity index (χ0v) is 12.6. The van der Waals surface area contributed by atoms with Crippen molar-refractivity contribution in [3.05, 3.63) is 18.2 Å². The fourth-order valence-corrected chi connectivity index (χ4v) is 2.42. The van der Waals surface area contributed by atoms with Gasteiger partial charge in [0.2, 0.25) is 0 Å². The van der Waals surface area contributed by atoms with Gasteiger partial charge in [-0.1, -0.05) is 6.07 Å². The molecule has 1 aromatic rings. The molecule has 2 atom stereocenters. The van der Waals surface area contributed by atoms with Crippen LogP contribution in [0, 0.1) is 0 Å². The van der Waals surface area contributed by atoms with Gasteiger partial charge >= 0.3 is 0 Å². The number of nitrogens with one attached hydrogen (secondary N) is 1. The Labute approximate surface area is 116 Å². The van der Waals surface area contributed by atoms with E-state index in [-0.39, 0.29) is 17.7 Å². The smallest absolute Gasteiger partial charge is 0.131 e. The van der Waals surface area contributed by atoms with E-state index in [1.54, 1.807) is 0 Å². The van der Waals surface area contributed by atoms with E-state index in [0.717, 1.165) is 24.7 Å². The Hall–Kier alpha value is -1.29. The van der Waals surface area contributed by atoms with Crippen molar-refractivity contribution in [1.82, 2.24) is 4.98 Å². The van der Waals surface area contributed by atoms with Crippen molar-refractivity contribution < 1.29 is 4.74 Å². The minimum atomic E-state index is 0.0250. The summed E-state index contributed by atoms with van der Waals surface area (Å²) in [7, 11) is 0. The highest BCUT2D eigenvalue weighted by molar-refractivity contribution is 5.48. The maximum Gasteiger partial charge on any atom is 0.131 e. The predicted octanol–water partition coefficient (Wildman–Crippen LogP) is 2.91. The van der Waals surface area contributed by atoms with E-state index in [0.29, 0.717) is 0 Å². The van der Waals surface area contributed by atoms with Crippen LogP contribution in [0.1, 0.15) is 34.6 Å². The molecule has 0 radical (unpaired) electrons. The van der Waals surface area contributed by atoms with Gasteiger partial charge in [0, 0.05) is 18.6 Å². The third-order valence-corrected chi connectivity index (χ3v) is 2.98. The third kappa shape index (κ3) is 4.10. The summed E-state index contributed by atoms with van der Waals surface area (Å²) < 4.78 is 5.76. The van der Waals surface area contributed by atoms with Crippen LogP contribution in [0.4, 0.5) is 11.6 Å². The van der Waals surface area contributed by atoms with Gasteiger partial charge in [-0.25, -0.2) is 4.98 Å². The monoisotopic (exact) mass is 263 g/mol. The molecule has 1 N–H and O–H groups in total. The Morgan fingerprint density at radius 3 is 2.42 bits per heavy atom. The van der Waals surface area contributed by atoms with Gasteiger partial charge in [0.05, 0.1) is 12.2 Å². The van der Waals surface area contributed by atoms with Gasteiger partial charge in [-0.15, -0.1) is 0 Å². The molecule has 2 rings (SSSR count). The lowest BCUT2D eigenvalue weighted by molar-refractivity contribution is -0.00545. The molecule has 1 aliphatic rings. The molecular formula is C15H25N3O. The lowest BCUT2D eigenvalue weighted by atomic mass is 10.1. The highest BCUT2D eigenvalue weighted by atomic mass is 16.5. The number of ether oxygens (including phenoxy) is 1. The first kappa shape index (κ1) is 14.1. The molecule has 0 saturated carbocycles. The fourth-order valence-electron chi connectivity index (χ4n) is 2.42. The number of aromatic nitrogens is 1. The summed E-state index contributed by atoms with van der Waals surface area (Å²) in [6.45, 7) is 12.4. The molecule has 2 heterocycles. The average Bonchev–Trinajstić information content (AvgIpc) is 2.25. The molecule has 0 aromatic carbocycles. The van der Waals surface area contributed by atoms with E-state index in [1.165, 1.54) is 0 Å². The Balaban J connectivity index is 2.14. The third-order valence-electron chi connectivity index (χ3n) is 2.98. The Kier molecular flexibility index (Phi) is 3.99. The highest BCUT2D eigenvalue weighted by Crippen LogP contribution is 2.21. The lowest BCUT2D eigenvalue weighted by Gasteiger charge is -2.36. The van der Waals surface area contributed by atoms with Crippen LogP contribution in [0.2, 0.25) is 0 Å². The fraction of sp³-hybridized carbons (Fsp3) is 0.667. The second-order valence-electron chi connectivity index (χ2n) is 6.42. The number of hydrogen-bond donors (Lipinski definition) is 1. The number of hydrogen-bond acceptors (Lipinski definition) is 4. The summed E-state index contributed by atoms with van der Waals surface area (Å²) in [6.07, 6.45) is 0.509. The van der Waals surface area contributed by atoms with Crippen LogP contribution in [-0.2, 0) is 4.74 Å². The molecule has 4 heteroatoms. The zero-order valence-electron chi connectivity index (χ0n) is 12.6. The summed E-state index contributed by atoms with van der Waals surface area (Å²) in [5.74, 6) is 1.95. The SMILES string of the molecule is C[C@@H]1CN(c2cccc(NC(C)(C)C)n2)C[C@H](C)O1. The normalized spacial score (nSPS) is 24.4. The molecule has 19 heavy (non-hydrogen) atoms. The molecule has 0 amide bonds. The van der Waals surface area contributed by atoms with E-state index in [4.69, 9.17) is 9.72 Å². The highest BCUT2D eigenvalue weighted by Gasteiger charge is 2.23. The topological polar surface area (TPSA) is 37.4 Å². The maximum atomic E-state index is 5.76. The first-order valence-corrected chi connectivity index (χ1v) is 6.99. The molecule has 106 valence electrons. The van der Waals surface area contributed by atoms with Crippen molar-refractivity contribution in [3.8, 4) is 0 Å². The lowest BCUT2D eigenvalue weighted by Crippen LogP contribution is -2.45. The number of morpholine rings is 1. The minimum Gasteiger partial charge on any atom is -0.372 e. The molecule has 0 aliphatic carbocycles. The first-order chi connectivity index (χ1) is 8.83. The summed E-state index contributed by atoms with van der Waals surface area (Å²) in [4.78, 5) is 7.01. The number of nitrogens with zero attached hydrogens (tertiary/aromatic N) is 2. The molecule has 0 unspecified atom stereocenters. The van der Waals surface area contributed by atoms with E-state index in [9.17, 15) is 0 Å². The molecule has 1 aliphatic heterocycles. The second kappa shape index (κ2) is 5.37. The van der Waals surface area contributed by atoms with Crippen molar-refractivity contribution >= 4 is 11.6 Å². The van der Waals surface area contributed by atoms with Crippen LogP contribution < -0.4 is 10.2 Å². The number of pyridine rings is 1. The van der Waals surface area contributed by atoms with Gasteiger partial charge in [-0.05, 0) is 46.8 Å². The largest absolute Gasteiger partial charge is 0.372 e. The van der Waals surface area contributed by atoms with E-state index in [2.05, 4.69) is 57.0 Å². The van der Waals surface area contributed by atoms with Crippen LogP contribution in [-0.4, -0.2) is 35.8 Å². The molecular weight excluding hydrogens is 238 g/mol. The van der Waals surface area contributed by atoms with Gasteiger partial charge in [-0.2, -0.15) is 0 Å². The van der Waals surface area contributed by atoms with Gasteiger partial charge < -0.3 is 15.0 Å². The predicted molar refractivity (Wildman–Crippen MR) is 79.8 cm³/mol. The first-order valence-electron chi connectivity index (χ1n) is 6.99. The molecule has 0 bridgehead atoms. The van der Waals surface area contributed by atoms with Crippen LogP contribution in [0.25, 0.3) is 0 Å². The van der Waals surface area contributed by atoms with Crippen LogP contribution >= 0.6 is 0 Å². The van der Waals surface area contributed by atoms with E-state index in [1.807, 2.05) is 6.07 Å². The molecule has 4 nitrogen and oxygen atoms in total. The Bertz CT molecular complexity index is 418. The molecule has 1 fully saturated rings. The number of anilines is 2. The molecule has 1 saturated heterocycles. The van der Waals surface area contributed by atoms with Gasteiger partial charge in [0.25, 0.3) is 0 Å². The zero-order chi connectivity index (χ0) is 14.0. The minimum absolute atomic E-state index is 0.0250. The van der Waals surface area contributed by atoms with Crippen molar-refractivity contribution in [2.24, 2.45) is 0 Å². The second-order valence-corrected chi connectivity index (χ2v) is 6.42. The van der Waals surface area contributed by atoms with Crippen molar-refractivity contribution in [2.75, 3.05) is 23.3 Å². The standard InChI is InChI=1S/C15H25N3O/c1-11-9-18(10-12(2)19-11)14-8-6-7-13(16-14)17-15(3,4)5/h6-8,11-12H,9-10H2,1-5H3,(H,16,17)/t11-,12+. The molecule has 1 aromatic heterocycles. The quantitative estimate of drug-likeness (QED) is 0.890. The van der Waals surface area contributed by atoms with Crippen LogP contribution in [0.15, 0.2) is 18.2 Å². The summed E-state index contributed by atoms with van der Waals surface area (Å²) in [6, 6.07) is 6.14. The summed E-state index contributed by atoms with van der Waals surface area (Å²) in [5.41, 5.74) is 0.0250. The van der Waals surface area contributed by atoms with E-state index >= 15 is 0 Å². The average molecular weight is 263 g/mol. The van der Waals surface area contributed by atoms with Crippen LogP contribution in [0.5, 0.6) is 0 Å². The summed E-state index contributed by atoms with van der Waals surface area (Å²) in [5, 5.41) is 3.41. The van der Waals surface area contributed by atoms with Crippen molar-refractivity contribution in [2.45, 2.75) is 52.4 Å². The summed E-state index contributed by atoms with van der Waals surface area (Å²) >= 11 is 0. The Morgan fingerprint density at radius 2 is 1.84 bits per heavy atom. The molecule has 0 spiro atoms. The van der Waals surface area contributed by atoms with E-state index < -0.39 is 0 Å². The van der Waals surface area contributed by atoms with Crippen molar-refractivity contribution in [3.63, 3.8) is 0 Å². The van der Waals surface area contributed by atoms with Crippen molar-refractivity contribution in [1.29, 1.82) is 0 Å². The number of rotatable bonds is 2.